The predicted molar refractivity (Wildman–Crippen MR) is 438 cm³/mol. The minimum atomic E-state index is -3.97. The molecule has 4 fully saturated rings. The second-order valence-electron chi connectivity index (χ2n) is 29.2. The van der Waals surface area contributed by atoms with Crippen molar-refractivity contribution in [2.45, 2.75) is 133 Å². The minimum Gasteiger partial charge on any atom is -0.491 e. The van der Waals surface area contributed by atoms with Gasteiger partial charge in [-0.3, -0.25) is 4.79 Å². The zero-order chi connectivity index (χ0) is 79.3. The highest BCUT2D eigenvalue weighted by molar-refractivity contribution is 7.89. The molecule has 0 atom stereocenters. The Morgan fingerprint density at radius 3 is 1.46 bits per heavy atom. The van der Waals surface area contributed by atoms with Crippen LogP contribution in [0.15, 0.2) is 144 Å². The van der Waals surface area contributed by atoms with Crippen molar-refractivity contribution in [3.8, 4) is 11.5 Å². The van der Waals surface area contributed by atoms with Crippen LogP contribution in [0.1, 0.15) is 139 Å². The van der Waals surface area contributed by atoms with Crippen molar-refractivity contribution in [2.75, 3.05) is 113 Å². The van der Waals surface area contributed by atoms with E-state index in [2.05, 4.69) is 139 Å². The van der Waals surface area contributed by atoms with E-state index in [0.717, 1.165) is 105 Å². The van der Waals surface area contributed by atoms with E-state index in [9.17, 15) is 21.6 Å². The number of piperidine rings is 3. The number of nitrogens with zero attached hydrogens (tertiary/aromatic N) is 10. The number of nitrogens with one attached hydrogen (secondary N) is 5. The van der Waals surface area contributed by atoms with Crippen molar-refractivity contribution in [3.05, 3.63) is 200 Å². The zero-order valence-electron chi connectivity index (χ0n) is 64.5. The number of likely N-dealkylation sites (tertiary alicyclic amines) is 3. The molecule has 0 bridgehead atoms. The van der Waals surface area contributed by atoms with Gasteiger partial charge in [-0.05, 0) is 271 Å². The molecule has 0 radical (unpaired) electrons. The van der Waals surface area contributed by atoms with Crippen LogP contribution in [0.3, 0.4) is 0 Å². The summed E-state index contributed by atoms with van der Waals surface area (Å²) in [6, 6.07) is 33.9. The molecule has 7 heterocycles. The number of amides is 1. The molecule has 9 N–H and O–H groups in total. The van der Waals surface area contributed by atoms with Crippen molar-refractivity contribution < 1.29 is 40.2 Å². The Kier molecular flexibility index (Phi) is 27.9. The van der Waals surface area contributed by atoms with Gasteiger partial charge >= 0.3 is 0 Å². The normalized spacial score (nSPS) is 15.8. The first-order chi connectivity index (χ1) is 53.0. The highest BCUT2D eigenvalue weighted by atomic mass is 35.5. The molecule has 0 spiro atoms. The van der Waals surface area contributed by atoms with Crippen LogP contribution in [0.25, 0.3) is 0 Å². The number of nitrogens with two attached hydrogens (primary N) is 2. The first-order valence-electron chi connectivity index (χ1n) is 37.4. The van der Waals surface area contributed by atoms with Gasteiger partial charge < -0.3 is 60.4 Å². The van der Waals surface area contributed by atoms with Crippen molar-refractivity contribution in [3.63, 3.8) is 0 Å². The highest BCUT2D eigenvalue weighted by Gasteiger charge is 2.28. The monoisotopic (exact) mass is 1590 g/mol. The van der Waals surface area contributed by atoms with Gasteiger partial charge in [-0.15, -0.1) is 0 Å². The molecule has 111 heavy (non-hydrogen) atoms. The van der Waals surface area contributed by atoms with Crippen LogP contribution in [0.5, 0.6) is 11.5 Å². The lowest BCUT2D eigenvalue weighted by atomic mass is 9.85. The van der Waals surface area contributed by atoms with E-state index in [1.165, 1.54) is 65.7 Å². The number of primary sulfonamides is 2. The standard InChI is InChI=1S/C32H41N5O3.C26H33ClN6O3S.C23H26ClFN6O2S/c1-22(2)40-29-21-27(24-10-13-36(4)14-11-24)23(3)19-25(29)20-31-33-12-9-30(35-31)34-28-8-6-5-7-26(28)32(38)37-15-17-39-18-16-37;1-16(2)36-23-14-19(18-9-11-33(4)12-10-18)17(3)13-22(23)31-26-29-15-20(27)25(32-26)30-21-7-5-6-8-24(21)37(28,34)35;1-14-11-20(18(25)12-16(14)15-7-9-31(2)10-8-15)29-23-27-13-17(24)22(30-23)28-19-5-3-4-6-21(19)34(26,32)33/h5-9,12,19,21-22,24H,10-11,13-18,20H2,1-4H3,(H,33,34,35);5-8,13-16,18H,9-12H2,1-4H3,(H2,28,34,35)(H2,29,30,31,32);3-6,11-13,15H,7-10H2,1-2H3,(H2,26,32,33)(H2,27,28,29,30). The van der Waals surface area contributed by atoms with Gasteiger partial charge in [0.2, 0.25) is 31.9 Å². The SMILES string of the molecule is Cc1cc(Cc2nccc(Nc3ccccc3C(=O)N3CCOCC3)n2)c(OC(C)C)cc1C1CCN(C)CC1.Cc1cc(Nc2ncc(Cl)c(Nc3ccccc3S(N)(=O)=O)n2)c(F)cc1C1CCN(C)CC1.Cc1cc(Nc2ncc(Cl)c(Nc3ccccc3S(N)(=O)=O)n2)c(OC(C)C)cc1C1CCN(C)CC1. The zero-order valence-corrected chi connectivity index (χ0v) is 67.6. The number of anilines is 10. The summed E-state index contributed by atoms with van der Waals surface area (Å²) in [6.07, 6.45) is 11.7. The second kappa shape index (κ2) is 37.4. The molecule has 590 valence electrons. The number of halogens is 3. The third-order valence-corrected chi connectivity index (χ3v) is 22.5. The number of para-hydroxylation sites is 3. The summed E-state index contributed by atoms with van der Waals surface area (Å²) in [5.41, 5.74) is 11.1. The summed E-state index contributed by atoms with van der Waals surface area (Å²) in [5.74, 6) is 4.73. The molecule has 3 aromatic heterocycles. The Bertz CT molecular complexity index is 4980. The Morgan fingerprint density at radius 1 is 0.532 bits per heavy atom. The van der Waals surface area contributed by atoms with Gasteiger partial charge in [0.25, 0.3) is 5.91 Å². The van der Waals surface area contributed by atoms with Crippen molar-refractivity contribution in [1.82, 2.24) is 49.5 Å². The van der Waals surface area contributed by atoms with Crippen LogP contribution in [0.2, 0.25) is 10.0 Å². The topological polar surface area (TPSA) is 316 Å². The number of morpholine rings is 1. The molecule has 0 unspecified atom stereocenters. The number of hydrogen-bond donors (Lipinski definition) is 7. The van der Waals surface area contributed by atoms with Gasteiger partial charge in [-0.25, -0.2) is 51.4 Å². The van der Waals surface area contributed by atoms with E-state index in [-0.39, 0.29) is 78.5 Å². The number of rotatable bonds is 22. The number of hydrogen-bond acceptors (Lipinski definition) is 22. The third-order valence-electron chi connectivity index (χ3n) is 20.0. The lowest BCUT2D eigenvalue weighted by Crippen LogP contribution is -2.40. The van der Waals surface area contributed by atoms with Crippen molar-refractivity contribution in [2.24, 2.45) is 10.3 Å². The van der Waals surface area contributed by atoms with Crippen LogP contribution in [-0.4, -0.2) is 171 Å². The number of carbonyl (C=O) groups excluding carboxylic acids is 1. The summed E-state index contributed by atoms with van der Waals surface area (Å²) in [5, 5.41) is 26.4. The number of aromatic nitrogens is 6. The largest absolute Gasteiger partial charge is 0.491 e. The number of sulfonamides is 2. The van der Waals surface area contributed by atoms with Gasteiger partial charge in [0, 0.05) is 31.3 Å². The Morgan fingerprint density at radius 2 is 0.964 bits per heavy atom. The quantitative estimate of drug-likeness (QED) is 0.0331. The molecule has 1 amide bonds. The van der Waals surface area contributed by atoms with Gasteiger partial charge in [0.1, 0.15) is 48.8 Å². The van der Waals surface area contributed by atoms with Crippen molar-refractivity contribution >= 4 is 107 Å². The summed E-state index contributed by atoms with van der Waals surface area (Å²) in [7, 11) is -1.46. The van der Waals surface area contributed by atoms with Crippen LogP contribution < -0.4 is 46.3 Å². The highest BCUT2D eigenvalue weighted by Crippen LogP contribution is 2.41. The smallest absolute Gasteiger partial charge is 0.256 e. The average Bonchev–Trinajstić information content (AvgIpc) is 0.812. The number of ether oxygens (including phenoxy) is 3. The molecule has 0 saturated carbocycles. The molecule has 4 aliphatic rings. The third kappa shape index (κ3) is 22.4. The van der Waals surface area contributed by atoms with Crippen LogP contribution in [0.4, 0.5) is 62.2 Å². The van der Waals surface area contributed by atoms with E-state index in [1.54, 1.807) is 48.7 Å². The van der Waals surface area contributed by atoms with Crippen molar-refractivity contribution in [1.29, 1.82) is 0 Å². The number of carbonyl (C=O) groups is 1. The maximum absolute atomic E-state index is 15.0. The predicted octanol–water partition coefficient (Wildman–Crippen LogP) is 14.9. The fourth-order valence-electron chi connectivity index (χ4n) is 14.2. The maximum Gasteiger partial charge on any atom is 0.256 e. The summed E-state index contributed by atoms with van der Waals surface area (Å²) < 4.78 is 80.7. The molecule has 0 aliphatic carbocycles. The van der Waals surface area contributed by atoms with E-state index in [4.69, 9.17) is 52.7 Å². The Hall–Kier alpha value is -9.20. The number of aryl methyl sites for hydroxylation is 3. The second-order valence-corrected chi connectivity index (χ2v) is 33.1. The molecular formula is C81H100Cl2FN17O8S2. The summed E-state index contributed by atoms with van der Waals surface area (Å²) >= 11 is 12.5. The fourth-order valence-corrected chi connectivity index (χ4v) is 15.9. The Labute approximate surface area is 661 Å². The van der Waals surface area contributed by atoms with Crippen LogP contribution >= 0.6 is 23.2 Å². The van der Waals surface area contributed by atoms with E-state index < -0.39 is 25.9 Å². The molecular weight excluding hydrogens is 1490 g/mol. The van der Waals surface area contributed by atoms with E-state index in [1.807, 2.05) is 56.0 Å². The average molecular weight is 1590 g/mol. The Balaban J connectivity index is 0.000000165. The number of benzene rings is 6. The first-order valence-corrected chi connectivity index (χ1v) is 41.2. The summed E-state index contributed by atoms with van der Waals surface area (Å²) in [4.78, 5) is 48.6. The van der Waals surface area contributed by atoms with E-state index >= 15 is 4.39 Å². The van der Waals surface area contributed by atoms with Crippen LogP contribution in [-0.2, 0) is 31.2 Å². The lowest BCUT2D eigenvalue weighted by Gasteiger charge is -2.30. The van der Waals surface area contributed by atoms with Gasteiger partial charge in [-0.2, -0.15) is 9.97 Å². The maximum atomic E-state index is 15.0. The van der Waals surface area contributed by atoms with Gasteiger partial charge in [0.15, 0.2) is 11.6 Å². The minimum absolute atomic E-state index is 0.00340. The molecule has 9 aromatic rings. The molecule has 4 aliphatic heterocycles. The molecule has 4 saturated heterocycles. The van der Waals surface area contributed by atoms with Gasteiger partial charge in [-0.1, -0.05) is 65.7 Å². The molecule has 25 nitrogen and oxygen atoms in total. The molecule has 6 aromatic carbocycles. The lowest BCUT2D eigenvalue weighted by molar-refractivity contribution is 0.0303. The summed E-state index contributed by atoms with van der Waals surface area (Å²) in [6.45, 7) is 23.1. The fraction of sp³-hybridized carbons (Fsp3) is 0.395. The van der Waals surface area contributed by atoms with Gasteiger partial charge in [0.05, 0.1) is 71.8 Å². The molecule has 13 rings (SSSR count). The first kappa shape index (κ1) is 82.8. The molecule has 30 heteroatoms. The van der Waals surface area contributed by atoms with E-state index in [0.29, 0.717) is 67.7 Å². The van der Waals surface area contributed by atoms with Crippen LogP contribution in [0, 0.1) is 26.6 Å².